The van der Waals surface area contributed by atoms with E-state index in [0.29, 0.717) is 0 Å². The maximum absolute atomic E-state index is 3.52. The molecular weight excluding hydrogens is 252 g/mol. The average molecular weight is 280 g/mol. The van der Waals surface area contributed by atoms with Crippen LogP contribution in [0, 0.1) is 11.8 Å². The lowest BCUT2D eigenvalue weighted by Crippen LogP contribution is -2.28. The summed E-state index contributed by atoms with van der Waals surface area (Å²) in [4.78, 5) is 5.46. The molecule has 2 nitrogen and oxygen atoms in total. The second kappa shape index (κ2) is 7.41. The summed E-state index contributed by atoms with van der Waals surface area (Å²) in [7, 11) is 2.26. The summed E-state index contributed by atoms with van der Waals surface area (Å²) in [5.74, 6) is 1.70. The molecule has 0 saturated heterocycles. The summed E-state index contributed by atoms with van der Waals surface area (Å²) >= 11 is 1.96. The van der Waals surface area contributed by atoms with E-state index in [1.165, 1.54) is 35.6 Å². The van der Waals surface area contributed by atoms with Gasteiger partial charge in [0, 0.05) is 29.4 Å². The van der Waals surface area contributed by atoms with Crippen molar-refractivity contribution >= 4 is 11.3 Å². The van der Waals surface area contributed by atoms with Crippen LogP contribution < -0.4 is 5.32 Å². The lowest BCUT2D eigenvalue weighted by atomic mass is 9.85. The monoisotopic (exact) mass is 280 g/mol. The van der Waals surface area contributed by atoms with Crippen molar-refractivity contribution in [3.05, 3.63) is 21.9 Å². The molecular formula is C16H28N2S. The Morgan fingerprint density at radius 1 is 1.32 bits per heavy atom. The summed E-state index contributed by atoms with van der Waals surface area (Å²) < 4.78 is 0. The van der Waals surface area contributed by atoms with Crippen LogP contribution in [-0.4, -0.2) is 25.0 Å². The van der Waals surface area contributed by atoms with Crippen LogP contribution in [0.4, 0.5) is 0 Å². The maximum atomic E-state index is 3.52. The molecule has 1 aromatic heterocycles. The van der Waals surface area contributed by atoms with E-state index in [1.54, 1.807) is 0 Å². The van der Waals surface area contributed by atoms with Gasteiger partial charge in [-0.25, -0.2) is 0 Å². The van der Waals surface area contributed by atoms with Crippen LogP contribution in [0.15, 0.2) is 12.1 Å². The fraction of sp³-hybridized carbons (Fsp3) is 0.750. The fourth-order valence-electron chi connectivity index (χ4n) is 2.53. The molecule has 1 aromatic rings. The quantitative estimate of drug-likeness (QED) is 0.780. The maximum Gasteiger partial charge on any atom is 0.0325 e. The van der Waals surface area contributed by atoms with Crippen LogP contribution in [-0.2, 0) is 13.1 Å². The molecule has 0 radical (unpaired) electrons. The van der Waals surface area contributed by atoms with Crippen molar-refractivity contribution < 1.29 is 0 Å². The molecule has 0 spiro atoms. The van der Waals surface area contributed by atoms with E-state index in [-0.39, 0.29) is 0 Å². The number of hydrogen-bond acceptors (Lipinski definition) is 3. The SMILES string of the molecule is CC(C)CNCc1ccc(CN(C)CC2CCC2)s1. The molecule has 0 bridgehead atoms. The Kier molecular flexibility index (Phi) is 5.86. The number of hydrogen-bond donors (Lipinski definition) is 1. The van der Waals surface area contributed by atoms with E-state index >= 15 is 0 Å². The highest BCUT2D eigenvalue weighted by molar-refractivity contribution is 7.11. The third-order valence-electron chi connectivity index (χ3n) is 3.79. The number of nitrogens with one attached hydrogen (secondary N) is 1. The molecule has 108 valence electrons. The molecule has 0 unspecified atom stereocenters. The molecule has 0 aromatic carbocycles. The second-order valence-corrected chi connectivity index (χ2v) is 7.64. The zero-order chi connectivity index (χ0) is 13.7. The highest BCUT2D eigenvalue weighted by Crippen LogP contribution is 2.27. The Balaban J connectivity index is 1.70. The first-order valence-corrected chi connectivity index (χ1v) is 8.42. The molecule has 0 amide bonds. The van der Waals surface area contributed by atoms with E-state index < -0.39 is 0 Å². The van der Waals surface area contributed by atoms with Crippen LogP contribution >= 0.6 is 11.3 Å². The largest absolute Gasteiger partial charge is 0.312 e. The lowest BCUT2D eigenvalue weighted by Gasteiger charge is -2.29. The average Bonchev–Trinajstić information content (AvgIpc) is 2.71. The molecule has 3 heteroatoms. The molecule has 1 heterocycles. The van der Waals surface area contributed by atoms with Crippen molar-refractivity contribution in [1.29, 1.82) is 0 Å². The molecule has 1 aliphatic rings. The van der Waals surface area contributed by atoms with Gasteiger partial charge in [-0.05, 0) is 50.4 Å². The van der Waals surface area contributed by atoms with Gasteiger partial charge >= 0.3 is 0 Å². The number of rotatable bonds is 8. The number of nitrogens with zero attached hydrogens (tertiary/aromatic N) is 1. The van der Waals surface area contributed by atoms with Gasteiger partial charge in [-0.15, -0.1) is 11.3 Å². The smallest absolute Gasteiger partial charge is 0.0325 e. The molecule has 1 saturated carbocycles. The molecule has 19 heavy (non-hydrogen) atoms. The lowest BCUT2D eigenvalue weighted by molar-refractivity contribution is 0.201. The summed E-state index contributed by atoms with van der Waals surface area (Å²) in [6, 6.07) is 4.58. The van der Waals surface area contributed by atoms with Crippen molar-refractivity contribution in [2.45, 2.75) is 46.2 Å². The Morgan fingerprint density at radius 3 is 2.68 bits per heavy atom. The van der Waals surface area contributed by atoms with E-state index in [1.807, 2.05) is 11.3 Å². The Hall–Kier alpha value is -0.380. The molecule has 1 aliphatic carbocycles. The highest BCUT2D eigenvalue weighted by Gasteiger charge is 2.19. The van der Waals surface area contributed by atoms with E-state index in [9.17, 15) is 0 Å². The minimum atomic E-state index is 0.730. The Bertz CT molecular complexity index is 369. The summed E-state index contributed by atoms with van der Waals surface area (Å²) in [6.07, 6.45) is 4.33. The van der Waals surface area contributed by atoms with Gasteiger partial charge in [0.05, 0.1) is 0 Å². The van der Waals surface area contributed by atoms with Crippen LogP contribution in [0.1, 0.15) is 42.9 Å². The predicted molar refractivity (Wildman–Crippen MR) is 84.5 cm³/mol. The molecule has 0 atom stereocenters. The Labute approximate surface area is 122 Å². The van der Waals surface area contributed by atoms with Crippen LogP contribution in [0.2, 0.25) is 0 Å². The number of thiophene rings is 1. The minimum absolute atomic E-state index is 0.730. The fourth-order valence-corrected chi connectivity index (χ4v) is 3.60. The Morgan fingerprint density at radius 2 is 2.05 bits per heavy atom. The third kappa shape index (κ3) is 5.25. The van der Waals surface area contributed by atoms with Crippen LogP contribution in [0.5, 0.6) is 0 Å². The molecule has 1 N–H and O–H groups in total. The standard InChI is InChI=1S/C16H28N2S/c1-13(2)9-17-10-15-7-8-16(19-15)12-18(3)11-14-5-4-6-14/h7-8,13-14,17H,4-6,9-12H2,1-3H3. The van der Waals surface area contributed by atoms with Crippen LogP contribution in [0.25, 0.3) is 0 Å². The van der Waals surface area contributed by atoms with Crippen molar-refractivity contribution in [3.8, 4) is 0 Å². The van der Waals surface area contributed by atoms with E-state index in [2.05, 4.69) is 43.2 Å². The van der Waals surface area contributed by atoms with Gasteiger partial charge in [-0.1, -0.05) is 20.3 Å². The highest BCUT2D eigenvalue weighted by atomic mass is 32.1. The van der Waals surface area contributed by atoms with Gasteiger partial charge in [-0.2, -0.15) is 0 Å². The summed E-state index contributed by atoms with van der Waals surface area (Å²) in [5.41, 5.74) is 0. The van der Waals surface area contributed by atoms with Crippen molar-refractivity contribution in [3.63, 3.8) is 0 Å². The van der Waals surface area contributed by atoms with Crippen LogP contribution in [0.3, 0.4) is 0 Å². The zero-order valence-electron chi connectivity index (χ0n) is 12.6. The molecule has 0 aliphatic heterocycles. The minimum Gasteiger partial charge on any atom is -0.312 e. The van der Waals surface area contributed by atoms with Gasteiger partial charge in [0.15, 0.2) is 0 Å². The first kappa shape index (κ1) is 15.0. The normalized spacial score (nSPS) is 16.3. The van der Waals surface area contributed by atoms with Gasteiger partial charge < -0.3 is 10.2 Å². The van der Waals surface area contributed by atoms with Crippen molar-refractivity contribution in [2.75, 3.05) is 20.1 Å². The second-order valence-electron chi connectivity index (χ2n) is 6.39. The van der Waals surface area contributed by atoms with Crippen molar-refractivity contribution in [1.82, 2.24) is 10.2 Å². The van der Waals surface area contributed by atoms with Crippen molar-refractivity contribution in [2.24, 2.45) is 11.8 Å². The van der Waals surface area contributed by atoms with E-state index in [0.717, 1.165) is 31.5 Å². The first-order valence-electron chi connectivity index (χ1n) is 7.60. The summed E-state index contributed by atoms with van der Waals surface area (Å²) in [6.45, 7) is 9.03. The first-order chi connectivity index (χ1) is 9.13. The third-order valence-corrected chi connectivity index (χ3v) is 4.86. The van der Waals surface area contributed by atoms with Gasteiger partial charge in [-0.3, -0.25) is 0 Å². The van der Waals surface area contributed by atoms with Gasteiger partial charge in [0.1, 0.15) is 0 Å². The summed E-state index contributed by atoms with van der Waals surface area (Å²) in [5, 5.41) is 3.52. The van der Waals surface area contributed by atoms with Gasteiger partial charge in [0.25, 0.3) is 0 Å². The zero-order valence-corrected chi connectivity index (χ0v) is 13.4. The molecule has 1 fully saturated rings. The predicted octanol–water partition coefficient (Wildman–Crippen LogP) is 3.73. The topological polar surface area (TPSA) is 15.3 Å². The van der Waals surface area contributed by atoms with E-state index in [4.69, 9.17) is 0 Å². The van der Waals surface area contributed by atoms with Gasteiger partial charge in [0.2, 0.25) is 0 Å². The molecule has 2 rings (SSSR count).